The standard InChI is InChI=1S/C18H15FN2O3/c1-11(17(22)21-15-9-5-3-7-13(15)19)24-18(23)16-10-12-6-2-4-8-14(12)20-16/h2-11,20H,1H3,(H,21,22). The number of hydrogen-bond acceptors (Lipinski definition) is 3. The van der Waals surface area contributed by atoms with Crippen LogP contribution in [0.1, 0.15) is 17.4 Å². The van der Waals surface area contributed by atoms with Crippen molar-refractivity contribution in [1.29, 1.82) is 0 Å². The summed E-state index contributed by atoms with van der Waals surface area (Å²) in [6, 6.07) is 14.8. The van der Waals surface area contributed by atoms with Crippen molar-refractivity contribution in [3.8, 4) is 0 Å². The lowest BCUT2D eigenvalue weighted by Crippen LogP contribution is -2.30. The molecule has 3 rings (SSSR count). The number of rotatable bonds is 4. The van der Waals surface area contributed by atoms with Gasteiger partial charge in [-0.15, -0.1) is 0 Å². The first kappa shape index (κ1) is 15.7. The second kappa shape index (κ2) is 6.54. The summed E-state index contributed by atoms with van der Waals surface area (Å²) in [6.45, 7) is 1.43. The molecule has 0 saturated heterocycles. The van der Waals surface area contributed by atoms with Gasteiger partial charge in [0.25, 0.3) is 5.91 Å². The molecule has 0 saturated carbocycles. The van der Waals surface area contributed by atoms with Crippen molar-refractivity contribution in [3.05, 3.63) is 66.1 Å². The van der Waals surface area contributed by atoms with Gasteiger partial charge in [0.1, 0.15) is 11.5 Å². The molecule has 5 nitrogen and oxygen atoms in total. The van der Waals surface area contributed by atoms with Gasteiger partial charge in [0, 0.05) is 10.9 Å². The van der Waals surface area contributed by atoms with Gasteiger partial charge in [0.15, 0.2) is 6.10 Å². The molecule has 6 heteroatoms. The molecule has 0 spiro atoms. The molecule has 0 radical (unpaired) electrons. The molecular weight excluding hydrogens is 311 g/mol. The number of fused-ring (bicyclic) bond motifs is 1. The predicted molar refractivity (Wildman–Crippen MR) is 88.2 cm³/mol. The zero-order valence-corrected chi connectivity index (χ0v) is 12.9. The van der Waals surface area contributed by atoms with Crippen LogP contribution in [-0.2, 0) is 9.53 Å². The fourth-order valence-corrected chi connectivity index (χ4v) is 2.26. The number of aromatic nitrogens is 1. The first-order valence-electron chi connectivity index (χ1n) is 7.39. The van der Waals surface area contributed by atoms with Gasteiger partial charge < -0.3 is 15.0 Å². The van der Waals surface area contributed by atoms with E-state index >= 15 is 0 Å². The average molecular weight is 326 g/mol. The van der Waals surface area contributed by atoms with Crippen LogP contribution >= 0.6 is 0 Å². The Kier molecular flexibility index (Phi) is 4.29. The highest BCUT2D eigenvalue weighted by Crippen LogP contribution is 2.17. The van der Waals surface area contributed by atoms with Crippen molar-refractivity contribution in [3.63, 3.8) is 0 Å². The molecule has 3 aromatic rings. The van der Waals surface area contributed by atoms with Crippen molar-refractivity contribution < 1.29 is 18.7 Å². The summed E-state index contributed by atoms with van der Waals surface area (Å²) < 4.78 is 18.7. The van der Waals surface area contributed by atoms with Crippen LogP contribution in [0.5, 0.6) is 0 Å². The Morgan fingerprint density at radius 3 is 2.58 bits per heavy atom. The van der Waals surface area contributed by atoms with Gasteiger partial charge in [-0.3, -0.25) is 4.79 Å². The van der Waals surface area contributed by atoms with E-state index in [0.717, 1.165) is 10.9 Å². The van der Waals surface area contributed by atoms with E-state index in [1.165, 1.54) is 25.1 Å². The molecule has 0 aliphatic heterocycles. The first-order valence-corrected chi connectivity index (χ1v) is 7.39. The smallest absolute Gasteiger partial charge is 0.355 e. The summed E-state index contributed by atoms with van der Waals surface area (Å²) in [5, 5.41) is 3.26. The molecule has 2 N–H and O–H groups in total. The molecule has 2 aromatic carbocycles. The van der Waals surface area contributed by atoms with E-state index in [0.29, 0.717) is 0 Å². The van der Waals surface area contributed by atoms with Crippen molar-refractivity contribution in [2.45, 2.75) is 13.0 Å². The van der Waals surface area contributed by atoms with Crippen LogP contribution in [-0.4, -0.2) is 23.0 Å². The topological polar surface area (TPSA) is 71.2 Å². The Balaban J connectivity index is 1.67. The third kappa shape index (κ3) is 3.27. The van der Waals surface area contributed by atoms with E-state index in [9.17, 15) is 14.0 Å². The molecule has 1 aromatic heterocycles. The molecule has 122 valence electrons. The van der Waals surface area contributed by atoms with Crippen molar-refractivity contribution in [1.82, 2.24) is 4.98 Å². The van der Waals surface area contributed by atoms with Gasteiger partial charge in [-0.05, 0) is 31.2 Å². The van der Waals surface area contributed by atoms with E-state index in [1.807, 2.05) is 24.3 Å². The van der Waals surface area contributed by atoms with E-state index in [2.05, 4.69) is 10.3 Å². The maximum atomic E-state index is 13.5. The van der Waals surface area contributed by atoms with Crippen LogP contribution in [0.25, 0.3) is 10.9 Å². The summed E-state index contributed by atoms with van der Waals surface area (Å²) in [4.78, 5) is 27.1. The molecule has 0 bridgehead atoms. The largest absolute Gasteiger partial charge is 0.448 e. The molecule has 1 heterocycles. The molecular formula is C18H15FN2O3. The Morgan fingerprint density at radius 2 is 1.83 bits per heavy atom. The number of carbonyl (C=O) groups excluding carboxylic acids is 2. The van der Waals surface area contributed by atoms with Crippen LogP contribution < -0.4 is 5.32 Å². The van der Waals surface area contributed by atoms with Gasteiger partial charge in [-0.2, -0.15) is 0 Å². The number of carbonyl (C=O) groups is 2. The van der Waals surface area contributed by atoms with E-state index in [1.54, 1.807) is 12.1 Å². The normalized spacial score (nSPS) is 11.9. The van der Waals surface area contributed by atoms with Crippen LogP contribution in [0.3, 0.4) is 0 Å². The van der Waals surface area contributed by atoms with Crippen molar-refractivity contribution in [2.24, 2.45) is 0 Å². The molecule has 1 atom stereocenters. The number of esters is 1. The maximum Gasteiger partial charge on any atom is 0.355 e. The number of anilines is 1. The third-order valence-electron chi connectivity index (χ3n) is 3.53. The van der Waals surface area contributed by atoms with Gasteiger partial charge in [-0.25, -0.2) is 9.18 Å². The number of ether oxygens (including phenoxy) is 1. The molecule has 0 fully saturated rings. The number of para-hydroxylation sites is 2. The summed E-state index contributed by atoms with van der Waals surface area (Å²) in [6.07, 6.45) is -1.07. The molecule has 1 amide bonds. The SMILES string of the molecule is CC(OC(=O)c1cc2ccccc2[nH]1)C(=O)Nc1ccccc1F. The highest BCUT2D eigenvalue weighted by atomic mass is 19.1. The third-order valence-corrected chi connectivity index (χ3v) is 3.53. The Morgan fingerprint density at radius 1 is 1.12 bits per heavy atom. The summed E-state index contributed by atoms with van der Waals surface area (Å²) in [5.41, 5.74) is 1.09. The number of H-pyrrole nitrogens is 1. The minimum atomic E-state index is -1.07. The van der Waals surface area contributed by atoms with Crippen molar-refractivity contribution in [2.75, 3.05) is 5.32 Å². The van der Waals surface area contributed by atoms with Gasteiger partial charge in [-0.1, -0.05) is 30.3 Å². The zero-order chi connectivity index (χ0) is 17.1. The van der Waals surface area contributed by atoms with E-state index in [4.69, 9.17) is 4.74 Å². The molecule has 24 heavy (non-hydrogen) atoms. The highest BCUT2D eigenvalue weighted by molar-refractivity contribution is 5.98. The fraction of sp³-hybridized carbons (Fsp3) is 0.111. The number of benzene rings is 2. The first-order chi connectivity index (χ1) is 11.5. The lowest BCUT2D eigenvalue weighted by molar-refractivity contribution is -0.123. The van der Waals surface area contributed by atoms with Crippen LogP contribution in [0.15, 0.2) is 54.6 Å². The fourth-order valence-electron chi connectivity index (χ4n) is 2.26. The van der Waals surface area contributed by atoms with Crippen LogP contribution in [0.4, 0.5) is 10.1 Å². The lowest BCUT2D eigenvalue weighted by Gasteiger charge is -2.13. The predicted octanol–water partition coefficient (Wildman–Crippen LogP) is 3.49. The van der Waals surface area contributed by atoms with Crippen LogP contribution in [0, 0.1) is 5.82 Å². The molecule has 0 aliphatic carbocycles. The Bertz CT molecular complexity index is 871. The zero-order valence-electron chi connectivity index (χ0n) is 12.9. The average Bonchev–Trinajstić information content (AvgIpc) is 3.01. The number of aromatic amines is 1. The number of hydrogen-bond donors (Lipinski definition) is 2. The minimum absolute atomic E-state index is 0.0380. The van der Waals surface area contributed by atoms with E-state index in [-0.39, 0.29) is 11.4 Å². The van der Waals surface area contributed by atoms with Gasteiger partial charge >= 0.3 is 5.97 Å². The lowest BCUT2D eigenvalue weighted by atomic mass is 10.2. The van der Waals surface area contributed by atoms with E-state index < -0.39 is 23.8 Å². The summed E-state index contributed by atoms with van der Waals surface area (Å²) in [7, 11) is 0. The van der Waals surface area contributed by atoms with Crippen molar-refractivity contribution >= 4 is 28.5 Å². The monoisotopic (exact) mass is 326 g/mol. The Hall–Kier alpha value is -3.15. The van der Waals surface area contributed by atoms with Gasteiger partial charge in [0.2, 0.25) is 0 Å². The number of amides is 1. The molecule has 1 unspecified atom stereocenters. The quantitative estimate of drug-likeness (QED) is 0.721. The highest BCUT2D eigenvalue weighted by Gasteiger charge is 2.21. The Labute approximate surface area is 137 Å². The molecule has 0 aliphatic rings. The maximum absolute atomic E-state index is 13.5. The second-order valence-corrected chi connectivity index (χ2v) is 5.29. The summed E-state index contributed by atoms with van der Waals surface area (Å²) >= 11 is 0. The second-order valence-electron chi connectivity index (χ2n) is 5.29. The number of halogens is 1. The van der Waals surface area contributed by atoms with Crippen LogP contribution in [0.2, 0.25) is 0 Å². The summed E-state index contributed by atoms with van der Waals surface area (Å²) in [5.74, 6) is -1.81. The number of nitrogens with one attached hydrogen (secondary N) is 2. The van der Waals surface area contributed by atoms with Gasteiger partial charge in [0.05, 0.1) is 5.69 Å². The minimum Gasteiger partial charge on any atom is -0.448 e.